The highest BCUT2D eigenvalue weighted by Crippen LogP contribution is 2.38. The quantitative estimate of drug-likeness (QED) is 0.681. The maximum Gasteiger partial charge on any atom is 0.366 e. The second-order valence-corrected chi connectivity index (χ2v) is 6.52. The zero-order valence-electron chi connectivity index (χ0n) is 14.1. The van der Waals surface area contributed by atoms with E-state index in [-0.39, 0.29) is 13.0 Å². The molecule has 134 valence electrons. The zero-order chi connectivity index (χ0) is 17.4. The molecule has 0 aromatic carbocycles. The molecular weight excluding hydrogens is 308 g/mol. The number of aliphatic hydroxyl groups is 2. The Labute approximate surface area is 135 Å². The first kappa shape index (κ1) is 18.6. The smallest absolute Gasteiger partial charge is 0.366 e. The van der Waals surface area contributed by atoms with E-state index in [1.165, 1.54) is 14.2 Å². The van der Waals surface area contributed by atoms with Crippen LogP contribution in [-0.2, 0) is 28.5 Å². The predicted octanol–water partition coefficient (Wildman–Crippen LogP) is -0.200. The van der Waals surface area contributed by atoms with Gasteiger partial charge in [-0.05, 0) is 13.8 Å². The highest BCUT2D eigenvalue weighted by molar-refractivity contribution is 5.78. The average Bonchev–Trinajstić information content (AvgIpc) is 2.88. The standard InChI is InChI=1S/C15H26O8/c1-8-9(16)6-15(20-5,13(18)19-4)23-12(8)11(17)10-7-21-14(2,3)22-10/h8-12,16-17H,6-7H2,1-5H3/t8-,9-,10-,11-,12?,15?/m1/s1. The van der Waals surface area contributed by atoms with Gasteiger partial charge in [0.25, 0.3) is 5.79 Å². The molecule has 8 nitrogen and oxygen atoms in total. The highest BCUT2D eigenvalue weighted by Gasteiger charge is 2.55. The molecule has 0 radical (unpaired) electrons. The molecule has 2 aliphatic rings. The van der Waals surface area contributed by atoms with Crippen molar-refractivity contribution in [1.82, 2.24) is 0 Å². The van der Waals surface area contributed by atoms with Crippen LogP contribution in [0.1, 0.15) is 27.2 Å². The molecule has 2 aliphatic heterocycles. The van der Waals surface area contributed by atoms with Crippen LogP contribution in [0.25, 0.3) is 0 Å². The summed E-state index contributed by atoms with van der Waals surface area (Å²) in [5, 5.41) is 20.9. The SMILES string of the molecule is COC(=O)C1(OC)C[C@@H](O)[C@@H](C)C([C@H](O)[C@H]2COC(C)(C)O2)O1. The van der Waals surface area contributed by atoms with Crippen LogP contribution in [0.15, 0.2) is 0 Å². The van der Waals surface area contributed by atoms with E-state index in [2.05, 4.69) is 0 Å². The minimum atomic E-state index is -1.75. The number of esters is 1. The summed E-state index contributed by atoms with van der Waals surface area (Å²) in [6.07, 6.45) is -3.58. The Bertz CT molecular complexity index is 439. The van der Waals surface area contributed by atoms with Crippen molar-refractivity contribution in [3.8, 4) is 0 Å². The number of hydrogen-bond donors (Lipinski definition) is 2. The molecule has 0 aromatic heterocycles. The molecule has 2 heterocycles. The number of carbonyl (C=O) groups is 1. The van der Waals surface area contributed by atoms with Crippen molar-refractivity contribution in [2.24, 2.45) is 5.92 Å². The third-order valence-electron chi connectivity index (χ3n) is 4.50. The Morgan fingerprint density at radius 3 is 2.43 bits per heavy atom. The Kier molecular flexibility index (Phi) is 5.34. The van der Waals surface area contributed by atoms with E-state index in [4.69, 9.17) is 23.7 Å². The zero-order valence-corrected chi connectivity index (χ0v) is 14.1. The molecule has 2 unspecified atom stereocenters. The number of hydrogen-bond acceptors (Lipinski definition) is 8. The van der Waals surface area contributed by atoms with Gasteiger partial charge in [0.1, 0.15) is 12.2 Å². The average molecular weight is 334 g/mol. The third-order valence-corrected chi connectivity index (χ3v) is 4.50. The fourth-order valence-corrected chi connectivity index (χ4v) is 3.03. The highest BCUT2D eigenvalue weighted by atomic mass is 16.8. The molecule has 0 spiro atoms. The summed E-state index contributed by atoms with van der Waals surface area (Å²) in [6.45, 7) is 5.41. The summed E-state index contributed by atoms with van der Waals surface area (Å²) in [7, 11) is 2.50. The maximum absolute atomic E-state index is 12.0. The van der Waals surface area contributed by atoms with E-state index in [1.54, 1.807) is 20.8 Å². The summed E-state index contributed by atoms with van der Waals surface area (Å²) < 4.78 is 26.8. The molecule has 0 aliphatic carbocycles. The molecule has 0 saturated carbocycles. The molecule has 0 amide bonds. The lowest BCUT2D eigenvalue weighted by Gasteiger charge is -2.45. The van der Waals surface area contributed by atoms with Crippen LogP contribution in [0.5, 0.6) is 0 Å². The largest absolute Gasteiger partial charge is 0.465 e. The van der Waals surface area contributed by atoms with Gasteiger partial charge in [-0.15, -0.1) is 0 Å². The molecule has 0 aromatic rings. The minimum Gasteiger partial charge on any atom is -0.465 e. The summed E-state index contributed by atoms with van der Waals surface area (Å²) in [5.41, 5.74) is 0. The van der Waals surface area contributed by atoms with Gasteiger partial charge in [0.2, 0.25) is 0 Å². The van der Waals surface area contributed by atoms with E-state index >= 15 is 0 Å². The Balaban J connectivity index is 2.20. The number of ether oxygens (including phenoxy) is 5. The lowest BCUT2D eigenvalue weighted by molar-refractivity contribution is -0.312. The first-order valence-corrected chi connectivity index (χ1v) is 7.65. The van der Waals surface area contributed by atoms with Crippen molar-refractivity contribution in [3.63, 3.8) is 0 Å². The number of methoxy groups -OCH3 is 2. The molecule has 6 atom stereocenters. The Morgan fingerprint density at radius 2 is 1.96 bits per heavy atom. The van der Waals surface area contributed by atoms with Gasteiger partial charge in [0.05, 0.1) is 25.9 Å². The van der Waals surface area contributed by atoms with Gasteiger partial charge in [-0.1, -0.05) is 6.92 Å². The summed E-state index contributed by atoms with van der Waals surface area (Å²) in [5.74, 6) is -3.73. The van der Waals surface area contributed by atoms with E-state index in [0.29, 0.717) is 0 Å². The van der Waals surface area contributed by atoms with Crippen molar-refractivity contribution in [3.05, 3.63) is 0 Å². The monoisotopic (exact) mass is 334 g/mol. The summed E-state index contributed by atoms with van der Waals surface area (Å²) >= 11 is 0. The van der Waals surface area contributed by atoms with Gasteiger partial charge in [-0.25, -0.2) is 4.79 Å². The fourth-order valence-electron chi connectivity index (χ4n) is 3.03. The summed E-state index contributed by atoms with van der Waals surface area (Å²) in [4.78, 5) is 12.0. The topological polar surface area (TPSA) is 104 Å². The molecule has 2 fully saturated rings. The summed E-state index contributed by atoms with van der Waals surface area (Å²) in [6, 6.07) is 0. The minimum absolute atomic E-state index is 0.0753. The van der Waals surface area contributed by atoms with Crippen molar-refractivity contribution >= 4 is 5.97 Å². The number of aliphatic hydroxyl groups excluding tert-OH is 2. The van der Waals surface area contributed by atoms with Crippen LogP contribution >= 0.6 is 0 Å². The number of rotatable bonds is 4. The first-order valence-electron chi connectivity index (χ1n) is 7.65. The fraction of sp³-hybridized carbons (Fsp3) is 0.933. The lowest BCUT2D eigenvalue weighted by atomic mass is 9.84. The molecule has 2 rings (SSSR count). The van der Waals surface area contributed by atoms with Gasteiger partial charge in [-0.2, -0.15) is 0 Å². The van der Waals surface area contributed by atoms with Crippen molar-refractivity contribution in [1.29, 1.82) is 0 Å². The van der Waals surface area contributed by atoms with Crippen LogP contribution in [0.2, 0.25) is 0 Å². The number of carbonyl (C=O) groups excluding carboxylic acids is 1. The van der Waals surface area contributed by atoms with Crippen LogP contribution in [-0.4, -0.2) is 73.0 Å². The molecule has 0 bridgehead atoms. The Morgan fingerprint density at radius 1 is 1.30 bits per heavy atom. The molecule has 2 N–H and O–H groups in total. The van der Waals surface area contributed by atoms with Gasteiger partial charge in [-0.3, -0.25) is 0 Å². The molecular formula is C15H26O8. The van der Waals surface area contributed by atoms with Gasteiger partial charge in [0, 0.05) is 19.4 Å². The van der Waals surface area contributed by atoms with Crippen molar-refractivity contribution < 1.29 is 38.7 Å². The van der Waals surface area contributed by atoms with Crippen molar-refractivity contribution in [2.75, 3.05) is 20.8 Å². The Hall–Kier alpha value is -0.770. The van der Waals surface area contributed by atoms with Gasteiger partial charge >= 0.3 is 5.97 Å². The van der Waals surface area contributed by atoms with Crippen molar-refractivity contribution in [2.45, 2.75) is 63.2 Å². The molecule has 23 heavy (non-hydrogen) atoms. The van der Waals surface area contributed by atoms with E-state index in [9.17, 15) is 15.0 Å². The predicted molar refractivity (Wildman–Crippen MR) is 77.3 cm³/mol. The lowest BCUT2D eigenvalue weighted by Crippen LogP contribution is -2.61. The van der Waals surface area contributed by atoms with E-state index in [0.717, 1.165) is 0 Å². The second-order valence-electron chi connectivity index (χ2n) is 6.52. The van der Waals surface area contributed by atoms with Crippen LogP contribution in [0, 0.1) is 5.92 Å². The molecule has 8 heteroatoms. The van der Waals surface area contributed by atoms with Gasteiger partial charge < -0.3 is 33.9 Å². The second kappa shape index (κ2) is 6.62. The van der Waals surface area contributed by atoms with E-state index < -0.39 is 47.9 Å². The molecule has 2 saturated heterocycles. The van der Waals surface area contributed by atoms with Crippen LogP contribution < -0.4 is 0 Å². The normalized spacial score (nSPS) is 41.5. The van der Waals surface area contributed by atoms with Gasteiger partial charge in [0.15, 0.2) is 5.79 Å². The van der Waals surface area contributed by atoms with Crippen LogP contribution in [0.4, 0.5) is 0 Å². The maximum atomic E-state index is 12.0. The van der Waals surface area contributed by atoms with Crippen LogP contribution in [0.3, 0.4) is 0 Å². The first-order chi connectivity index (χ1) is 10.7. The third kappa shape index (κ3) is 3.52. The van der Waals surface area contributed by atoms with E-state index in [1.807, 2.05) is 0 Å².